The molecule has 3 rings (SSSR count). The summed E-state index contributed by atoms with van der Waals surface area (Å²) in [5, 5.41) is 7.57. The lowest BCUT2D eigenvalue weighted by Crippen LogP contribution is -2.22. The minimum absolute atomic E-state index is 0.0688. The predicted octanol–water partition coefficient (Wildman–Crippen LogP) is 2.76. The van der Waals surface area contributed by atoms with Gasteiger partial charge in [0.2, 0.25) is 5.91 Å². The molecule has 1 aromatic heterocycles. The summed E-state index contributed by atoms with van der Waals surface area (Å²) in [5.74, 6) is -0.125. The van der Waals surface area contributed by atoms with Crippen molar-refractivity contribution in [3.05, 3.63) is 54.2 Å². The second kappa shape index (κ2) is 5.92. The Kier molecular flexibility index (Phi) is 3.80. The van der Waals surface area contributed by atoms with Gasteiger partial charge in [-0.3, -0.25) is 9.89 Å². The van der Waals surface area contributed by atoms with Crippen LogP contribution in [-0.2, 0) is 4.79 Å². The largest absolute Gasteiger partial charge is 0.423 e. The number of esters is 1. The van der Waals surface area contributed by atoms with Gasteiger partial charge in [0, 0.05) is 25.0 Å². The first kappa shape index (κ1) is 14.8. The number of carbonyl (C=O) groups excluding carboxylic acids is 2. The Morgan fingerprint density at radius 2 is 1.87 bits per heavy atom. The molecule has 6 nitrogen and oxygen atoms in total. The molecule has 0 saturated carbocycles. The number of para-hydroxylation sites is 1. The zero-order valence-electron chi connectivity index (χ0n) is 12.7. The number of hydrogen-bond acceptors (Lipinski definition) is 4. The van der Waals surface area contributed by atoms with Gasteiger partial charge in [-0.15, -0.1) is 0 Å². The van der Waals surface area contributed by atoms with E-state index in [0.717, 1.165) is 11.1 Å². The summed E-state index contributed by atoms with van der Waals surface area (Å²) in [7, 11) is 1.68. The van der Waals surface area contributed by atoms with Crippen LogP contribution in [0.1, 0.15) is 17.3 Å². The minimum Gasteiger partial charge on any atom is -0.423 e. The number of amides is 1. The molecule has 0 spiro atoms. The molecular formula is C17H15N3O3. The number of nitrogens with one attached hydrogen (secondary N) is 1. The summed E-state index contributed by atoms with van der Waals surface area (Å²) in [6, 6.07) is 12.1. The Balaban J connectivity index is 1.80. The van der Waals surface area contributed by atoms with Crippen LogP contribution in [0, 0.1) is 0 Å². The Hall–Kier alpha value is -3.15. The Morgan fingerprint density at radius 1 is 1.13 bits per heavy atom. The highest BCUT2D eigenvalue weighted by molar-refractivity contribution is 6.03. The molecule has 0 radical (unpaired) electrons. The number of benzene rings is 2. The van der Waals surface area contributed by atoms with Crippen LogP contribution in [0.3, 0.4) is 0 Å². The maximum Gasteiger partial charge on any atom is 0.345 e. The zero-order valence-corrected chi connectivity index (χ0v) is 12.7. The third-order valence-corrected chi connectivity index (χ3v) is 3.60. The molecule has 1 amide bonds. The monoisotopic (exact) mass is 309 g/mol. The normalized spacial score (nSPS) is 10.5. The quantitative estimate of drug-likeness (QED) is 0.596. The summed E-state index contributed by atoms with van der Waals surface area (Å²) in [6.45, 7) is 1.49. The summed E-state index contributed by atoms with van der Waals surface area (Å²) < 4.78 is 5.38. The van der Waals surface area contributed by atoms with Crippen molar-refractivity contribution >= 4 is 28.5 Å². The molecule has 0 fully saturated rings. The lowest BCUT2D eigenvalue weighted by atomic mass is 10.1. The average molecular weight is 309 g/mol. The number of fused-ring (bicyclic) bond motifs is 1. The van der Waals surface area contributed by atoms with Crippen LogP contribution >= 0.6 is 0 Å². The van der Waals surface area contributed by atoms with Gasteiger partial charge in [0.1, 0.15) is 5.75 Å². The van der Waals surface area contributed by atoms with Crippen molar-refractivity contribution in [1.82, 2.24) is 10.2 Å². The third kappa shape index (κ3) is 2.91. The number of H-pyrrole nitrogens is 1. The molecule has 0 aliphatic heterocycles. The van der Waals surface area contributed by atoms with Crippen molar-refractivity contribution in [2.45, 2.75) is 6.92 Å². The standard InChI is InChI=1S/C17H15N3O3/c1-11(21)20(2)13-6-8-14(9-7-13)23-17(22)15-5-3-4-12-10-18-19-16(12)15/h3-10H,1-2H3,(H,18,19). The fourth-order valence-corrected chi connectivity index (χ4v) is 2.22. The van der Waals surface area contributed by atoms with E-state index in [2.05, 4.69) is 10.2 Å². The van der Waals surface area contributed by atoms with Gasteiger partial charge in [0.15, 0.2) is 0 Å². The summed E-state index contributed by atoms with van der Waals surface area (Å²) in [6.07, 6.45) is 1.65. The first-order valence-corrected chi connectivity index (χ1v) is 7.05. The number of rotatable bonds is 3. The van der Waals surface area contributed by atoms with E-state index in [1.165, 1.54) is 11.8 Å². The first-order chi connectivity index (χ1) is 11.1. The van der Waals surface area contributed by atoms with Gasteiger partial charge < -0.3 is 9.64 Å². The van der Waals surface area contributed by atoms with E-state index in [9.17, 15) is 9.59 Å². The number of hydrogen-bond donors (Lipinski definition) is 1. The van der Waals surface area contributed by atoms with E-state index in [1.54, 1.807) is 49.6 Å². The highest BCUT2D eigenvalue weighted by atomic mass is 16.5. The van der Waals surface area contributed by atoms with Gasteiger partial charge in [0.25, 0.3) is 0 Å². The highest BCUT2D eigenvalue weighted by Gasteiger charge is 2.14. The lowest BCUT2D eigenvalue weighted by Gasteiger charge is -2.15. The second-order valence-electron chi connectivity index (χ2n) is 5.10. The maximum absolute atomic E-state index is 12.3. The number of ether oxygens (including phenoxy) is 1. The van der Waals surface area contributed by atoms with Crippen molar-refractivity contribution in [1.29, 1.82) is 0 Å². The molecule has 0 aliphatic rings. The maximum atomic E-state index is 12.3. The SMILES string of the molecule is CC(=O)N(C)c1ccc(OC(=O)c2cccc3cn[nH]c23)cc1. The van der Waals surface area contributed by atoms with E-state index in [-0.39, 0.29) is 5.91 Å². The van der Waals surface area contributed by atoms with E-state index >= 15 is 0 Å². The van der Waals surface area contributed by atoms with Gasteiger partial charge in [-0.05, 0) is 30.3 Å². The van der Waals surface area contributed by atoms with Gasteiger partial charge >= 0.3 is 5.97 Å². The average Bonchev–Trinajstić information content (AvgIpc) is 3.03. The molecule has 0 unspecified atom stereocenters. The molecule has 0 saturated heterocycles. The molecule has 2 aromatic carbocycles. The van der Waals surface area contributed by atoms with Crippen LogP contribution in [0.15, 0.2) is 48.7 Å². The molecule has 6 heteroatoms. The van der Waals surface area contributed by atoms with Crippen molar-refractivity contribution in [2.24, 2.45) is 0 Å². The predicted molar refractivity (Wildman–Crippen MR) is 86.6 cm³/mol. The zero-order chi connectivity index (χ0) is 16.4. The Morgan fingerprint density at radius 3 is 2.57 bits per heavy atom. The van der Waals surface area contributed by atoms with Gasteiger partial charge in [-0.2, -0.15) is 5.10 Å². The summed E-state index contributed by atoms with van der Waals surface area (Å²) >= 11 is 0. The number of carbonyl (C=O) groups is 2. The van der Waals surface area contributed by atoms with E-state index in [0.29, 0.717) is 16.8 Å². The highest BCUT2D eigenvalue weighted by Crippen LogP contribution is 2.21. The molecule has 1 N–H and O–H groups in total. The van der Waals surface area contributed by atoms with E-state index in [1.807, 2.05) is 6.07 Å². The van der Waals surface area contributed by atoms with Crippen molar-refractivity contribution < 1.29 is 14.3 Å². The number of aromatic amines is 1. The number of nitrogens with zero attached hydrogens (tertiary/aromatic N) is 2. The number of aromatic nitrogens is 2. The molecule has 23 heavy (non-hydrogen) atoms. The molecule has 1 heterocycles. The third-order valence-electron chi connectivity index (χ3n) is 3.60. The van der Waals surface area contributed by atoms with Gasteiger partial charge in [-0.1, -0.05) is 12.1 Å². The van der Waals surface area contributed by atoms with Gasteiger partial charge in [-0.25, -0.2) is 4.79 Å². The molecule has 0 bridgehead atoms. The minimum atomic E-state index is -0.465. The molecule has 0 atom stereocenters. The van der Waals surface area contributed by atoms with Crippen LogP contribution < -0.4 is 9.64 Å². The first-order valence-electron chi connectivity index (χ1n) is 7.05. The van der Waals surface area contributed by atoms with Gasteiger partial charge in [0.05, 0.1) is 17.3 Å². The van der Waals surface area contributed by atoms with Crippen LogP contribution in [0.5, 0.6) is 5.75 Å². The van der Waals surface area contributed by atoms with Crippen molar-refractivity contribution in [3.63, 3.8) is 0 Å². The fourth-order valence-electron chi connectivity index (χ4n) is 2.22. The smallest absolute Gasteiger partial charge is 0.345 e. The summed E-state index contributed by atoms with van der Waals surface area (Å²) in [5.41, 5.74) is 1.79. The van der Waals surface area contributed by atoms with Crippen LogP contribution in [0.4, 0.5) is 5.69 Å². The second-order valence-corrected chi connectivity index (χ2v) is 5.10. The van der Waals surface area contributed by atoms with Crippen LogP contribution in [0.25, 0.3) is 10.9 Å². The molecule has 0 aliphatic carbocycles. The Labute approximate surface area is 132 Å². The van der Waals surface area contributed by atoms with Crippen molar-refractivity contribution in [2.75, 3.05) is 11.9 Å². The van der Waals surface area contributed by atoms with E-state index in [4.69, 9.17) is 4.74 Å². The van der Waals surface area contributed by atoms with Crippen LogP contribution in [0.2, 0.25) is 0 Å². The molecule has 116 valence electrons. The topological polar surface area (TPSA) is 75.3 Å². The fraction of sp³-hybridized carbons (Fsp3) is 0.118. The molecular weight excluding hydrogens is 294 g/mol. The van der Waals surface area contributed by atoms with E-state index < -0.39 is 5.97 Å². The van der Waals surface area contributed by atoms with Crippen LogP contribution in [-0.4, -0.2) is 29.1 Å². The lowest BCUT2D eigenvalue weighted by molar-refractivity contribution is -0.116. The number of anilines is 1. The molecule has 3 aromatic rings. The van der Waals surface area contributed by atoms with Crippen molar-refractivity contribution in [3.8, 4) is 5.75 Å². The summed E-state index contributed by atoms with van der Waals surface area (Å²) in [4.78, 5) is 25.2. The Bertz CT molecular complexity index is 868.